The first kappa shape index (κ1) is 14.2. The fourth-order valence-corrected chi connectivity index (χ4v) is 3.18. The maximum Gasteiger partial charge on any atom is 0.136 e. The van der Waals surface area contributed by atoms with E-state index in [0.717, 1.165) is 24.6 Å². The minimum atomic E-state index is 0.412. The van der Waals surface area contributed by atoms with Crippen molar-refractivity contribution in [3.8, 4) is 0 Å². The molecule has 3 nitrogen and oxygen atoms in total. The zero-order chi connectivity index (χ0) is 14.8. The lowest BCUT2D eigenvalue weighted by atomic mass is 10.1. The van der Waals surface area contributed by atoms with Gasteiger partial charge in [-0.25, -0.2) is 4.98 Å². The molecule has 0 spiro atoms. The predicted octanol–water partition coefficient (Wildman–Crippen LogP) is 4.35. The van der Waals surface area contributed by atoms with Gasteiger partial charge in [0.25, 0.3) is 0 Å². The van der Waals surface area contributed by atoms with Crippen molar-refractivity contribution >= 4 is 22.3 Å². The molecule has 1 saturated heterocycles. The quantitative estimate of drug-likeness (QED) is 0.907. The van der Waals surface area contributed by atoms with Crippen LogP contribution in [0.15, 0.2) is 24.3 Å². The highest BCUT2D eigenvalue weighted by Gasteiger charge is 2.18. The highest BCUT2D eigenvalue weighted by Crippen LogP contribution is 2.34. The van der Waals surface area contributed by atoms with Crippen LogP contribution in [-0.2, 0) is 0 Å². The first-order chi connectivity index (χ1) is 10.2. The van der Waals surface area contributed by atoms with Gasteiger partial charge in [0.1, 0.15) is 5.82 Å². The standard InChI is InChI=1S/C18H25N3/c1-13(2)19-17-14(3)20-18(21-11-7-4-8-12-21)16-10-6-5-9-15(16)17/h5-6,9-10,13,19H,4,7-8,11-12H2,1-3H3. The summed E-state index contributed by atoms with van der Waals surface area (Å²) in [4.78, 5) is 7.40. The molecular weight excluding hydrogens is 258 g/mol. The molecule has 3 rings (SSSR count). The van der Waals surface area contributed by atoms with Crippen LogP contribution in [0.3, 0.4) is 0 Å². The molecule has 1 aliphatic rings. The number of anilines is 2. The second-order valence-corrected chi connectivity index (χ2v) is 6.29. The van der Waals surface area contributed by atoms with Crippen LogP contribution in [0.2, 0.25) is 0 Å². The van der Waals surface area contributed by atoms with Crippen molar-refractivity contribution in [3.63, 3.8) is 0 Å². The molecule has 21 heavy (non-hydrogen) atoms. The Morgan fingerprint density at radius 2 is 1.71 bits per heavy atom. The Morgan fingerprint density at radius 1 is 1.05 bits per heavy atom. The number of nitrogens with one attached hydrogen (secondary N) is 1. The first-order valence-electron chi connectivity index (χ1n) is 8.07. The molecule has 0 atom stereocenters. The fourth-order valence-electron chi connectivity index (χ4n) is 3.18. The second kappa shape index (κ2) is 5.92. The molecular formula is C18H25N3. The van der Waals surface area contributed by atoms with Gasteiger partial charge < -0.3 is 10.2 Å². The van der Waals surface area contributed by atoms with E-state index < -0.39 is 0 Å². The van der Waals surface area contributed by atoms with Gasteiger partial charge in [0.2, 0.25) is 0 Å². The van der Waals surface area contributed by atoms with E-state index in [4.69, 9.17) is 4.98 Å². The fraction of sp³-hybridized carbons (Fsp3) is 0.500. The van der Waals surface area contributed by atoms with Crippen molar-refractivity contribution in [2.24, 2.45) is 0 Å². The van der Waals surface area contributed by atoms with Crippen molar-refractivity contribution in [2.45, 2.75) is 46.1 Å². The Bertz CT molecular complexity index is 628. The van der Waals surface area contributed by atoms with Gasteiger partial charge in [-0.15, -0.1) is 0 Å². The topological polar surface area (TPSA) is 28.2 Å². The summed E-state index contributed by atoms with van der Waals surface area (Å²) in [5.74, 6) is 1.16. The van der Waals surface area contributed by atoms with E-state index in [1.165, 1.54) is 35.7 Å². The smallest absolute Gasteiger partial charge is 0.136 e. The molecule has 1 aromatic carbocycles. The number of piperidine rings is 1. The van der Waals surface area contributed by atoms with Gasteiger partial charge in [-0.2, -0.15) is 0 Å². The predicted molar refractivity (Wildman–Crippen MR) is 91.3 cm³/mol. The molecule has 0 amide bonds. The first-order valence-corrected chi connectivity index (χ1v) is 8.07. The minimum absolute atomic E-state index is 0.412. The Labute approximate surface area is 127 Å². The lowest BCUT2D eigenvalue weighted by Crippen LogP contribution is -2.30. The van der Waals surface area contributed by atoms with Crippen LogP contribution in [0.1, 0.15) is 38.8 Å². The Morgan fingerprint density at radius 3 is 2.38 bits per heavy atom. The summed E-state index contributed by atoms with van der Waals surface area (Å²) in [5.41, 5.74) is 2.28. The normalized spacial score (nSPS) is 15.7. The maximum atomic E-state index is 4.94. The maximum absolute atomic E-state index is 4.94. The van der Waals surface area contributed by atoms with E-state index in [2.05, 4.69) is 55.3 Å². The van der Waals surface area contributed by atoms with E-state index in [9.17, 15) is 0 Å². The largest absolute Gasteiger partial charge is 0.381 e. The molecule has 1 fully saturated rings. The lowest BCUT2D eigenvalue weighted by Gasteiger charge is -2.30. The van der Waals surface area contributed by atoms with Gasteiger partial charge in [-0.1, -0.05) is 24.3 Å². The summed E-state index contributed by atoms with van der Waals surface area (Å²) < 4.78 is 0. The summed E-state index contributed by atoms with van der Waals surface area (Å²) in [5, 5.41) is 6.13. The molecule has 2 heterocycles. The molecule has 0 aliphatic carbocycles. The van der Waals surface area contributed by atoms with Crippen LogP contribution in [0.5, 0.6) is 0 Å². The third-order valence-corrected chi connectivity index (χ3v) is 4.16. The zero-order valence-corrected chi connectivity index (χ0v) is 13.3. The van der Waals surface area contributed by atoms with E-state index in [1.54, 1.807) is 0 Å². The molecule has 1 aromatic heterocycles. The summed E-state index contributed by atoms with van der Waals surface area (Å²) in [6.45, 7) is 8.73. The molecule has 2 aromatic rings. The average molecular weight is 283 g/mol. The van der Waals surface area contributed by atoms with Gasteiger partial charge >= 0.3 is 0 Å². The average Bonchev–Trinajstić information content (AvgIpc) is 2.50. The number of pyridine rings is 1. The van der Waals surface area contributed by atoms with E-state index in [-0.39, 0.29) is 0 Å². The highest BCUT2D eigenvalue weighted by molar-refractivity contribution is 6.01. The van der Waals surface area contributed by atoms with Gasteiger partial charge in [0, 0.05) is 29.9 Å². The number of hydrogen-bond acceptors (Lipinski definition) is 3. The van der Waals surface area contributed by atoms with Gasteiger partial charge in [-0.05, 0) is 40.0 Å². The number of fused-ring (bicyclic) bond motifs is 1. The van der Waals surface area contributed by atoms with Crippen LogP contribution < -0.4 is 10.2 Å². The summed E-state index contributed by atoms with van der Waals surface area (Å²) >= 11 is 0. The van der Waals surface area contributed by atoms with E-state index in [0.29, 0.717) is 6.04 Å². The van der Waals surface area contributed by atoms with Crippen LogP contribution in [-0.4, -0.2) is 24.1 Å². The summed E-state index contributed by atoms with van der Waals surface area (Å²) in [6.07, 6.45) is 3.91. The third kappa shape index (κ3) is 2.82. The number of benzene rings is 1. The molecule has 112 valence electrons. The Hall–Kier alpha value is -1.77. The molecule has 0 unspecified atom stereocenters. The molecule has 3 heteroatoms. The van der Waals surface area contributed by atoms with E-state index >= 15 is 0 Å². The van der Waals surface area contributed by atoms with Crippen molar-refractivity contribution in [1.29, 1.82) is 0 Å². The van der Waals surface area contributed by atoms with Crippen molar-refractivity contribution in [2.75, 3.05) is 23.3 Å². The second-order valence-electron chi connectivity index (χ2n) is 6.29. The molecule has 0 saturated carbocycles. The van der Waals surface area contributed by atoms with Crippen LogP contribution in [0, 0.1) is 6.92 Å². The Kier molecular flexibility index (Phi) is 4.00. The number of aryl methyl sites for hydroxylation is 1. The van der Waals surface area contributed by atoms with Gasteiger partial charge in [-0.3, -0.25) is 0 Å². The number of nitrogens with zero attached hydrogens (tertiary/aromatic N) is 2. The summed E-state index contributed by atoms with van der Waals surface area (Å²) in [6, 6.07) is 9.06. The van der Waals surface area contributed by atoms with Crippen molar-refractivity contribution in [1.82, 2.24) is 4.98 Å². The van der Waals surface area contributed by atoms with Crippen LogP contribution >= 0.6 is 0 Å². The van der Waals surface area contributed by atoms with Gasteiger partial charge in [0.05, 0.1) is 11.4 Å². The number of rotatable bonds is 3. The van der Waals surface area contributed by atoms with Gasteiger partial charge in [0.15, 0.2) is 0 Å². The number of aromatic nitrogens is 1. The monoisotopic (exact) mass is 283 g/mol. The third-order valence-electron chi connectivity index (χ3n) is 4.16. The summed E-state index contributed by atoms with van der Waals surface area (Å²) in [7, 11) is 0. The zero-order valence-electron chi connectivity index (χ0n) is 13.3. The van der Waals surface area contributed by atoms with Crippen molar-refractivity contribution in [3.05, 3.63) is 30.0 Å². The molecule has 1 N–H and O–H groups in total. The number of hydrogen-bond donors (Lipinski definition) is 1. The SMILES string of the molecule is Cc1nc(N2CCCCC2)c2ccccc2c1NC(C)C. The van der Waals surface area contributed by atoms with E-state index in [1.807, 2.05) is 0 Å². The van der Waals surface area contributed by atoms with Crippen LogP contribution in [0.25, 0.3) is 10.8 Å². The van der Waals surface area contributed by atoms with Crippen LogP contribution in [0.4, 0.5) is 11.5 Å². The lowest BCUT2D eigenvalue weighted by molar-refractivity contribution is 0.574. The Balaban J connectivity index is 2.13. The molecule has 0 bridgehead atoms. The van der Waals surface area contributed by atoms with Crippen molar-refractivity contribution < 1.29 is 0 Å². The minimum Gasteiger partial charge on any atom is -0.381 e. The highest BCUT2D eigenvalue weighted by atomic mass is 15.2. The molecule has 0 radical (unpaired) electrons. The molecule has 1 aliphatic heterocycles.